The predicted molar refractivity (Wildman–Crippen MR) is 168 cm³/mol. The van der Waals surface area contributed by atoms with E-state index in [1.54, 1.807) is 6.33 Å². The fourth-order valence-corrected chi connectivity index (χ4v) is 4.92. The lowest BCUT2D eigenvalue weighted by Gasteiger charge is -2.12. The number of benzene rings is 4. The minimum atomic E-state index is 0.549. The van der Waals surface area contributed by atoms with Gasteiger partial charge in [-0.2, -0.15) is 0 Å². The lowest BCUT2D eigenvalue weighted by atomic mass is 9.99. The summed E-state index contributed by atoms with van der Waals surface area (Å²) >= 11 is 5.49. The topological polar surface area (TPSA) is 75.0 Å². The molecule has 0 spiro atoms. The molecule has 0 amide bonds. The second-order valence-corrected chi connectivity index (χ2v) is 9.67. The zero-order valence-electron chi connectivity index (χ0n) is 21.7. The van der Waals surface area contributed by atoms with Crippen LogP contribution in [0.5, 0.6) is 0 Å². The number of fused-ring (bicyclic) bond motifs is 1. The molecule has 0 unspecified atom stereocenters. The highest BCUT2D eigenvalue weighted by atomic mass is 32.1. The Morgan fingerprint density at radius 1 is 0.700 bits per heavy atom. The van der Waals surface area contributed by atoms with Crippen molar-refractivity contribution in [1.82, 2.24) is 9.97 Å². The third kappa shape index (κ3) is 5.70. The molecule has 0 saturated heterocycles. The Bertz CT molecular complexity index is 1740. The van der Waals surface area contributed by atoms with Crippen molar-refractivity contribution in [3.8, 4) is 22.5 Å². The van der Waals surface area contributed by atoms with E-state index in [1.807, 2.05) is 91.0 Å². The summed E-state index contributed by atoms with van der Waals surface area (Å²) in [4.78, 5) is 9.07. The molecular weight excluding hydrogens is 514 g/mol. The molecule has 7 heteroatoms. The molecule has 196 valence electrons. The number of aromatic nitrogens is 2. The number of nitrogens with one attached hydrogen (secondary N) is 3. The Morgan fingerprint density at radius 2 is 1.35 bits per heavy atom. The van der Waals surface area contributed by atoms with Gasteiger partial charge in [0.2, 0.25) is 5.71 Å². The molecule has 2 aromatic heterocycles. The molecular formula is C33H27N5OS. The molecule has 3 N–H and O–H groups in total. The first-order valence-electron chi connectivity index (χ1n) is 13.1. The molecule has 40 heavy (non-hydrogen) atoms. The van der Waals surface area contributed by atoms with Crippen molar-refractivity contribution in [2.75, 3.05) is 22.5 Å². The van der Waals surface area contributed by atoms with Crippen LogP contribution < -0.4 is 16.0 Å². The van der Waals surface area contributed by atoms with E-state index in [9.17, 15) is 0 Å². The van der Waals surface area contributed by atoms with Crippen LogP contribution in [-0.2, 0) is 6.42 Å². The van der Waals surface area contributed by atoms with Gasteiger partial charge >= 0.3 is 0 Å². The summed E-state index contributed by atoms with van der Waals surface area (Å²) in [5.41, 5.74) is 6.64. The van der Waals surface area contributed by atoms with Crippen LogP contribution in [0, 0.1) is 0 Å². The smallest absolute Gasteiger partial charge is 0.232 e. The van der Waals surface area contributed by atoms with E-state index < -0.39 is 0 Å². The van der Waals surface area contributed by atoms with E-state index in [4.69, 9.17) is 16.6 Å². The van der Waals surface area contributed by atoms with Gasteiger partial charge in [-0.05, 0) is 54.0 Å². The summed E-state index contributed by atoms with van der Waals surface area (Å²) in [6.07, 6.45) is 2.34. The molecule has 0 aliphatic heterocycles. The van der Waals surface area contributed by atoms with Gasteiger partial charge in [0.25, 0.3) is 0 Å². The fraction of sp³-hybridized carbons (Fsp3) is 0.0606. The summed E-state index contributed by atoms with van der Waals surface area (Å²) in [5.74, 6) is 1.53. The molecule has 4 aromatic carbocycles. The third-order valence-corrected chi connectivity index (χ3v) is 6.71. The van der Waals surface area contributed by atoms with Crippen LogP contribution >= 0.6 is 12.2 Å². The van der Waals surface area contributed by atoms with Crippen molar-refractivity contribution in [2.45, 2.75) is 6.42 Å². The predicted octanol–water partition coefficient (Wildman–Crippen LogP) is 8.02. The quantitative estimate of drug-likeness (QED) is 0.168. The lowest BCUT2D eigenvalue weighted by molar-refractivity contribution is 0.618. The second-order valence-electron chi connectivity index (χ2n) is 9.26. The van der Waals surface area contributed by atoms with E-state index in [1.165, 1.54) is 5.56 Å². The molecule has 0 aliphatic carbocycles. The zero-order valence-corrected chi connectivity index (χ0v) is 22.5. The zero-order chi connectivity index (χ0) is 27.1. The maximum Gasteiger partial charge on any atom is 0.232 e. The van der Waals surface area contributed by atoms with Crippen LogP contribution in [0.1, 0.15) is 5.56 Å². The monoisotopic (exact) mass is 541 g/mol. The van der Waals surface area contributed by atoms with E-state index >= 15 is 0 Å². The molecule has 0 aliphatic rings. The SMILES string of the molecule is S=C(Nc1ccccc1)Nc1cccc(CCNc2ncnc3oc(-c4ccccc4)c(-c4ccccc4)c23)c1. The number of nitrogens with zero attached hydrogens (tertiary/aromatic N) is 2. The fourth-order valence-electron chi connectivity index (χ4n) is 4.69. The molecule has 6 rings (SSSR count). The van der Waals surface area contributed by atoms with Gasteiger partial charge in [0.1, 0.15) is 17.9 Å². The Labute approximate surface area is 238 Å². The number of furan rings is 1. The van der Waals surface area contributed by atoms with Gasteiger partial charge in [-0.25, -0.2) is 9.97 Å². The van der Waals surface area contributed by atoms with E-state index in [0.717, 1.165) is 51.5 Å². The first-order chi connectivity index (χ1) is 19.7. The van der Waals surface area contributed by atoms with Gasteiger partial charge in [0, 0.05) is 29.0 Å². The van der Waals surface area contributed by atoms with Crippen molar-refractivity contribution >= 4 is 45.6 Å². The number of para-hydroxylation sites is 1. The summed E-state index contributed by atoms with van der Waals surface area (Å²) in [5, 5.41) is 11.4. The highest BCUT2D eigenvalue weighted by molar-refractivity contribution is 7.80. The minimum absolute atomic E-state index is 0.549. The first-order valence-corrected chi connectivity index (χ1v) is 13.5. The molecule has 0 saturated carbocycles. The van der Waals surface area contributed by atoms with Gasteiger partial charge in [-0.1, -0.05) is 91.0 Å². The average molecular weight is 542 g/mol. The molecule has 6 aromatic rings. The highest BCUT2D eigenvalue weighted by Crippen LogP contribution is 2.42. The van der Waals surface area contributed by atoms with Crippen LogP contribution in [0.15, 0.2) is 126 Å². The van der Waals surface area contributed by atoms with Crippen LogP contribution in [0.25, 0.3) is 33.6 Å². The van der Waals surface area contributed by atoms with E-state index in [-0.39, 0.29) is 0 Å². The van der Waals surface area contributed by atoms with Crippen molar-refractivity contribution in [1.29, 1.82) is 0 Å². The summed E-state index contributed by atoms with van der Waals surface area (Å²) < 4.78 is 6.32. The van der Waals surface area contributed by atoms with Crippen molar-refractivity contribution < 1.29 is 4.42 Å². The van der Waals surface area contributed by atoms with Gasteiger partial charge in [0.05, 0.1) is 5.39 Å². The van der Waals surface area contributed by atoms with E-state index in [2.05, 4.69) is 50.2 Å². The number of hydrogen-bond donors (Lipinski definition) is 3. The molecule has 0 bridgehead atoms. The molecule has 0 fully saturated rings. The number of rotatable bonds is 8. The highest BCUT2D eigenvalue weighted by Gasteiger charge is 2.21. The molecule has 0 atom stereocenters. The number of hydrogen-bond acceptors (Lipinski definition) is 5. The number of thiocarbonyl (C=S) groups is 1. The van der Waals surface area contributed by atoms with Crippen molar-refractivity contribution in [3.05, 3.63) is 127 Å². The first kappa shape index (κ1) is 25.3. The van der Waals surface area contributed by atoms with Gasteiger partial charge in [-0.15, -0.1) is 0 Å². The largest absolute Gasteiger partial charge is 0.437 e. The van der Waals surface area contributed by atoms with Crippen LogP contribution in [0.3, 0.4) is 0 Å². The molecule has 2 heterocycles. The van der Waals surface area contributed by atoms with E-state index in [0.29, 0.717) is 17.4 Å². The second kappa shape index (κ2) is 11.8. The van der Waals surface area contributed by atoms with Crippen LogP contribution in [0.4, 0.5) is 17.2 Å². The molecule has 0 radical (unpaired) electrons. The summed E-state index contributed by atoms with van der Waals surface area (Å²) in [6, 6.07) is 38.5. The normalized spacial score (nSPS) is 10.8. The van der Waals surface area contributed by atoms with Gasteiger partial charge in [-0.3, -0.25) is 0 Å². The average Bonchev–Trinajstić information content (AvgIpc) is 3.39. The summed E-state index contributed by atoms with van der Waals surface area (Å²) in [6.45, 7) is 0.683. The Kier molecular flexibility index (Phi) is 7.46. The van der Waals surface area contributed by atoms with Crippen molar-refractivity contribution in [3.63, 3.8) is 0 Å². The number of anilines is 3. The maximum absolute atomic E-state index is 6.32. The maximum atomic E-state index is 6.32. The summed E-state index contributed by atoms with van der Waals surface area (Å²) in [7, 11) is 0. The van der Waals surface area contributed by atoms with Gasteiger partial charge < -0.3 is 20.4 Å². The lowest BCUT2D eigenvalue weighted by Crippen LogP contribution is -2.19. The standard InChI is InChI=1S/C33H27N5OS/c40-33(37-26-16-8-3-9-17-26)38-27-18-10-11-23(21-27)19-20-34-31-29-28(24-12-4-1-5-13-24)30(25-14-6-2-7-15-25)39-32(29)36-22-35-31/h1-18,21-22H,19-20H2,(H,34,35,36)(H2,37,38,40). The Morgan fingerprint density at radius 3 is 2.10 bits per heavy atom. The van der Waals surface area contributed by atoms with Crippen molar-refractivity contribution in [2.24, 2.45) is 0 Å². The van der Waals surface area contributed by atoms with Crippen LogP contribution in [-0.4, -0.2) is 21.6 Å². The Balaban J connectivity index is 1.21. The third-order valence-electron chi connectivity index (χ3n) is 6.51. The molecule has 6 nitrogen and oxygen atoms in total. The van der Waals surface area contributed by atoms with Gasteiger partial charge in [0.15, 0.2) is 5.11 Å². The minimum Gasteiger partial charge on any atom is -0.437 e. The van der Waals surface area contributed by atoms with Crippen LogP contribution in [0.2, 0.25) is 0 Å². The Hall–Kier alpha value is -5.01.